The molecule has 0 unspecified atom stereocenters. The van der Waals surface area contributed by atoms with E-state index in [1.807, 2.05) is 0 Å². The fraction of sp³-hybridized carbons (Fsp3) is 0.941. The lowest BCUT2D eigenvalue weighted by Crippen LogP contribution is -2.47. The molecule has 3 saturated carbocycles. The third-order valence-corrected chi connectivity index (χ3v) is 5.74. The van der Waals surface area contributed by atoms with Crippen molar-refractivity contribution >= 4 is 5.91 Å². The Balaban J connectivity index is 1.26. The van der Waals surface area contributed by atoms with E-state index in [-0.39, 0.29) is 0 Å². The number of nitrogens with zero attached hydrogens (tertiary/aromatic N) is 1. The van der Waals surface area contributed by atoms with Gasteiger partial charge in [-0.2, -0.15) is 0 Å². The van der Waals surface area contributed by atoms with Crippen LogP contribution in [0.25, 0.3) is 0 Å². The first-order chi connectivity index (χ1) is 9.81. The van der Waals surface area contributed by atoms with Crippen LogP contribution < -0.4 is 5.32 Å². The van der Waals surface area contributed by atoms with Crippen LogP contribution in [0.15, 0.2) is 0 Å². The molecule has 4 aliphatic rings. The summed E-state index contributed by atoms with van der Waals surface area (Å²) in [6.45, 7) is 3.21. The minimum Gasteiger partial charge on any atom is -0.342 e. The molecule has 1 aliphatic heterocycles. The monoisotopic (exact) mass is 276 g/mol. The summed E-state index contributed by atoms with van der Waals surface area (Å²) in [5.41, 5.74) is 0. The predicted molar refractivity (Wildman–Crippen MR) is 79.3 cm³/mol. The summed E-state index contributed by atoms with van der Waals surface area (Å²) in [4.78, 5) is 14.9. The van der Waals surface area contributed by atoms with Crippen molar-refractivity contribution in [3.8, 4) is 0 Å². The van der Waals surface area contributed by atoms with Gasteiger partial charge >= 0.3 is 0 Å². The van der Waals surface area contributed by atoms with Crippen LogP contribution in [0.4, 0.5) is 0 Å². The third kappa shape index (κ3) is 3.03. The maximum absolute atomic E-state index is 12.7. The number of likely N-dealkylation sites (tertiary alicyclic amines) is 1. The molecule has 0 aromatic carbocycles. The van der Waals surface area contributed by atoms with E-state index in [2.05, 4.69) is 10.2 Å². The molecule has 4 fully saturated rings. The van der Waals surface area contributed by atoms with Gasteiger partial charge in [0.1, 0.15) is 0 Å². The molecule has 1 N–H and O–H groups in total. The summed E-state index contributed by atoms with van der Waals surface area (Å²) in [6.07, 6.45) is 10.4. The van der Waals surface area contributed by atoms with Gasteiger partial charge in [-0.3, -0.25) is 4.79 Å². The van der Waals surface area contributed by atoms with Gasteiger partial charge in [0, 0.05) is 25.0 Å². The number of carbonyl (C=O) groups is 1. The standard InChI is InChI=1S/C17H28N2O/c20-17(16(13-3-4-13)14-5-6-14)19-9-7-15(8-10-19)18-11-12-1-2-12/h12-16,18H,1-11H2. The lowest BCUT2D eigenvalue weighted by molar-refractivity contribution is -0.138. The lowest BCUT2D eigenvalue weighted by Gasteiger charge is -2.35. The van der Waals surface area contributed by atoms with Gasteiger partial charge in [-0.05, 0) is 75.7 Å². The van der Waals surface area contributed by atoms with Gasteiger partial charge in [-0.25, -0.2) is 0 Å². The number of hydrogen-bond donors (Lipinski definition) is 1. The van der Waals surface area contributed by atoms with Gasteiger partial charge in [0.25, 0.3) is 0 Å². The first-order valence-corrected chi connectivity index (χ1v) is 8.83. The SMILES string of the molecule is O=C(C(C1CC1)C1CC1)N1CCC(NCC2CC2)CC1. The van der Waals surface area contributed by atoms with E-state index in [1.54, 1.807) is 0 Å². The predicted octanol–water partition coefficient (Wildman–Crippen LogP) is 2.41. The van der Waals surface area contributed by atoms with Crippen LogP contribution >= 0.6 is 0 Å². The molecule has 3 nitrogen and oxygen atoms in total. The summed E-state index contributed by atoms with van der Waals surface area (Å²) >= 11 is 0. The lowest BCUT2D eigenvalue weighted by atomic mass is 9.94. The minimum absolute atomic E-state index is 0.408. The average molecular weight is 276 g/mol. The van der Waals surface area contributed by atoms with Crippen LogP contribution in [0.5, 0.6) is 0 Å². The van der Waals surface area contributed by atoms with Crippen molar-refractivity contribution in [1.82, 2.24) is 10.2 Å². The van der Waals surface area contributed by atoms with Crippen LogP contribution in [-0.4, -0.2) is 36.5 Å². The Labute approximate surface area is 122 Å². The van der Waals surface area contributed by atoms with Crippen molar-refractivity contribution in [3.05, 3.63) is 0 Å². The van der Waals surface area contributed by atoms with Gasteiger partial charge < -0.3 is 10.2 Å². The Morgan fingerprint density at radius 2 is 1.55 bits per heavy atom. The molecular weight excluding hydrogens is 248 g/mol. The largest absolute Gasteiger partial charge is 0.342 e. The van der Waals surface area contributed by atoms with E-state index in [0.29, 0.717) is 17.9 Å². The van der Waals surface area contributed by atoms with E-state index >= 15 is 0 Å². The zero-order chi connectivity index (χ0) is 13.5. The van der Waals surface area contributed by atoms with Gasteiger partial charge in [0.05, 0.1) is 0 Å². The van der Waals surface area contributed by atoms with Crippen LogP contribution in [0, 0.1) is 23.7 Å². The fourth-order valence-electron chi connectivity index (χ4n) is 3.87. The van der Waals surface area contributed by atoms with Crippen molar-refractivity contribution in [2.75, 3.05) is 19.6 Å². The molecule has 0 aromatic rings. The third-order valence-electron chi connectivity index (χ3n) is 5.74. The van der Waals surface area contributed by atoms with Crippen LogP contribution in [0.3, 0.4) is 0 Å². The molecule has 0 atom stereocenters. The summed E-state index contributed by atoms with van der Waals surface area (Å²) in [5.74, 6) is 3.38. The Hall–Kier alpha value is -0.570. The second-order valence-corrected chi connectivity index (χ2v) is 7.65. The van der Waals surface area contributed by atoms with Crippen LogP contribution in [-0.2, 0) is 4.79 Å². The molecule has 1 heterocycles. The van der Waals surface area contributed by atoms with Crippen molar-refractivity contribution < 1.29 is 4.79 Å². The first kappa shape index (κ1) is 13.1. The molecule has 3 heteroatoms. The normalized spacial score (nSPS) is 28.1. The molecule has 0 spiro atoms. The smallest absolute Gasteiger partial charge is 0.226 e. The van der Waals surface area contributed by atoms with Gasteiger partial charge in [-0.1, -0.05) is 0 Å². The Morgan fingerprint density at radius 3 is 2.05 bits per heavy atom. The van der Waals surface area contributed by atoms with Crippen molar-refractivity contribution in [3.63, 3.8) is 0 Å². The molecule has 0 radical (unpaired) electrons. The highest BCUT2D eigenvalue weighted by Gasteiger charge is 2.47. The van der Waals surface area contributed by atoms with E-state index in [0.717, 1.165) is 30.8 Å². The summed E-state index contributed by atoms with van der Waals surface area (Å²) in [7, 11) is 0. The van der Waals surface area contributed by atoms with Crippen LogP contribution in [0.1, 0.15) is 51.4 Å². The van der Waals surface area contributed by atoms with E-state index in [9.17, 15) is 4.79 Å². The zero-order valence-corrected chi connectivity index (χ0v) is 12.5. The molecule has 1 amide bonds. The van der Waals surface area contributed by atoms with Crippen molar-refractivity contribution in [1.29, 1.82) is 0 Å². The summed E-state index contributed by atoms with van der Waals surface area (Å²) < 4.78 is 0. The first-order valence-electron chi connectivity index (χ1n) is 8.83. The van der Waals surface area contributed by atoms with E-state index < -0.39 is 0 Å². The Kier molecular flexibility index (Phi) is 3.49. The molecule has 112 valence electrons. The highest BCUT2D eigenvalue weighted by Crippen LogP contribution is 2.50. The number of amides is 1. The topological polar surface area (TPSA) is 32.3 Å². The van der Waals surface area contributed by atoms with Crippen molar-refractivity contribution in [2.45, 2.75) is 57.4 Å². The van der Waals surface area contributed by atoms with Gasteiger partial charge in [0.15, 0.2) is 0 Å². The summed E-state index contributed by atoms with van der Waals surface area (Å²) in [5, 5.41) is 3.70. The second kappa shape index (κ2) is 5.32. The molecular formula is C17H28N2O. The minimum atomic E-state index is 0.408. The maximum atomic E-state index is 12.7. The Morgan fingerprint density at radius 1 is 0.950 bits per heavy atom. The molecule has 0 bridgehead atoms. The second-order valence-electron chi connectivity index (χ2n) is 7.65. The fourth-order valence-corrected chi connectivity index (χ4v) is 3.87. The zero-order valence-electron chi connectivity index (χ0n) is 12.5. The van der Waals surface area contributed by atoms with Crippen molar-refractivity contribution in [2.24, 2.45) is 23.7 Å². The van der Waals surface area contributed by atoms with E-state index in [1.165, 1.54) is 57.9 Å². The molecule has 20 heavy (non-hydrogen) atoms. The quantitative estimate of drug-likeness (QED) is 0.808. The number of nitrogens with one attached hydrogen (secondary N) is 1. The maximum Gasteiger partial charge on any atom is 0.226 e. The number of piperidine rings is 1. The molecule has 0 aromatic heterocycles. The number of rotatable bonds is 6. The van der Waals surface area contributed by atoms with E-state index in [4.69, 9.17) is 0 Å². The Bertz CT molecular complexity index is 351. The van der Waals surface area contributed by atoms with Crippen LogP contribution in [0.2, 0.25) is 0 Å². The van der Waals surface area contributed by atoms with Gasteiger partial charge in [-0.15, -0.1) is 0 Å². The molecule has 1 saturated heterocycles. The highest BCUT2D eigenvalue weighted by atomic mass is 16.2. The summed E-state index contributed by atoms with van der Waals surface area (Å²) in [6, 6.07) is 0.667. The average Bonchev–Trinajstić information content (AvgIpc) is 3.30. The number of carbonyl (C=O) groups excluding carboxylic acids is 1. The number of hydrogen-bond acceptors (Lipinski definition) is 2. The molecule has 3 aliphatic carbocycles. The molecule has 4 rings (SSSR count). The van der Waals surface area contributed by atoms with Gasteiger partial charge in [0.2, 0.25) is 5.91 Å². The highest BCUT2D eigenvalue weighted by molar-refractivity contribution is 5.80.